The number of aromatic nitrogens is 5. The Morgan fingerprint density at radius 1 is 1.00 bits per heavy atom. The van der Waals surface area contributed by atoms with Crippen molar-refractivity contribution in [1.82, 2.24) is 24.3 Å². The molecule has 0 radical (unpaired) electrons. The van der Waals surface area contributed by atoms with E-state index in [4.69, 9.17) is 9.72 Å². The summed E-state index contributed by atoms with van der Waals surface area (Å²) in [5, 5.41) is 5.40. The van der Waals surface area contributed by atoms with E-state index >= 15 is 0 Å². The summed E-state index contributed by atoms with van der Waals surface area (Å²) in [5.41, 5.74) is 1.20. The van der Waals surface area contributed by atoms with Gasteiger partial charge in [0.2, 0.25) is 0 Å². The molecule has 5 rings (SSSR count). The number of nitrogens with zero attached hydrogens (tertiary/aromatic N) is 6. The van der Waals surface area contributed by atoms with E-state index in [-0.39, 0.29) is 6.10 Å². The van der Waals surface area contributed by atoms with Gasteiger partial charge >= 0.3 is 0 Å². The third kappa shape index (κ3) is 3.09. The van der Waals surface area contributed by atoms with Crippen molar-refractivity contribution >= 4 is 16.7 Å². The first-order valence-electron chi connectivity index (χ1n) is 9.56. The molecule has 3 aromatic heterocycles. The second-order valence-corrected chi connectivity index (χ2v) is 7.11. The van der Waals surface area contributed by atoms with Gasteiger partial charge in [0.25, 0.3) is 0 Å². The molecular weight excluding hydrogens is 352 g/mol. The molecule has 0 spiro atoms. The lowest BCUT2D eigenvalue weighted by atomic mass is 10.1. The Morgan fingerprint density at radius 2 is 1.86 bits per heavy atom. The van der Waals surface area contributed by atoms with Crippen LogP contribution in [0, 0.1) is 0 Å². The SMILES string of the molecule is Cn1ccc2c(OC3CCN(c4cncc(-n5cccn5)n4)CC3)cccc21. The number of ether oxygens (including phenoxy) is 1. The summed E-state index contributed by atoms with van der Waals surface area (Å²) in [7, 11) is 2.06. The molecule has 0 amide bonds. The van der Waals surface area contributed by atoms with E-state index < -0.39 is 0 Å². The second-order valence-electron chi connectivity index (χ2n) is 7.11. The summed E-state index contributed by atoms with van der Waals surface area (Å²) in [4.78, 5) is 11.3. The van der Waals surface area contributed by atoms with E-state index in [1.54, 1.807) is 17.1 Å². The number of hydrogen-bond acceptors (Lipinski definition) is 5. The fraction of sp³-hybridized carbons (Fsp3) is 0.286. The van der Waals surface area contributed by atoms with E-state index in [2.05, 4.69) is 57.1 Å². The quantitative estimate of drug-likeness (QED) is 0.549. The Bertz CT molecular complexity index is 1080. The Labute approximate surface area is 163 Å². The monoisotopic (exact) mass is 374 g/mol. The number of aryl methyl sites for hydroxylation is 1. The van der Waals surface area contributed by atoms with Crippen molar-refractivity contribution < 1.29 is 4.74 Å². The molecule has 142 valence electrons. The average molecular weight is 374 g/mol. The maximum absolute atomic E-state index is 6.36. The van der Waals surface area contributed by atoms with E-state index in [1.165, 1.54) is 10.9 Å². The topological polar surface area (TPSA) is 61.0 Å². The van der Waals surface area contributed by atoms with Gasteiger partial charge in [-0.25, -0.2) is 9.67 Å². The highest BCUT2D eigenvalue weighted by Gasteiger charge is 2.22. The standard InChI is InChI=1S/C21H22N6O/c1-25-11-8-17-18(25)4-2-5-19(17)28-16-6-12-26(13-7-16)20-14-22-15-21(24-20)27-10-3-9-23-27/h2-5,8-11,14-16H,6-7,12-13H2,1H3. The maximum Gasteiger partial charge on any atom is 0.173 e. The number of rotatable bonds is 4. The van der Waals surface area contributed by atoms with E-state index in [9.17, 15) is 0 Å². The third-order valence-electron chi connectivity index (χ3n) is 5.30. The molecule has 7 nitrogen and oxygen atoms in total. The number of benzene rings is 1. The van der Waals surface area contributed by atoms with Gasteiger partial charge in [0.1, 0.15) is 17.7 Å². The van der Waals surface area contributed by atoms with Gasteiger partial charge < -0.3 is 14.2 Å². The fourth-order valence-electron chi connectivity index (χ4n) is 3.77. The number of hydrogen-bond donors (Lipinski definition) is 0. The highest BCUT2D eigenvalue weighted by molar-refractivity contribution is 5.86. The minimum atomic E-state index is 0.212. The minimum absolute atomic E-state index is 0.212. The van der Waals surface area contributed by atoms with Crippen LogP contribution >= 0.6 is 0 Å². The zero-order chi connectivity index (χ0) is 18.9. The van der Waals surface area contributed by atoms with Crippen molar-refractivity contribution in [3.8, 4) is 11.6 Å². The predicted molar refractivity (Wildman–Crippen MR) is 108 cm³/mol. The van der Waals surface area contributed by atoms with Crippen molar-refractivity contribution in [3.05, 3.63) is 61.3 Å². The first-order chi connectivity index (χ1) is 13.8. The van der Waals surface area contributed by atoms with Gasteiger partial charge in [-0.1, -0.05) is 6.07 Å². The number of anilines is 1. The molecule has 1 aliphatic heterocycles. The summed E-state index contributed by atoms with van der Waals surface area (Å²) in [6.07, 6.45) is 11.4. The van der Waals surface area contributed by atoms with Gasteiger partial charge in [-0.05, 0) is 24.3 Å². The predicted octanol–water partition coefficient (Wildman–Crippen LogP) is 3.20. The lowest BCUT2D eigenvalue weighted by Gasteiger charge is -2.33. The first-order valence-corrected chi connectivity index (χ1v) is 9.56. The fourth-order valence-corrected chi connectivity index (χ4v) is 3.77. The van der Waals surface area contributed by atoms with Gasteiger partial charge in [-0.15, -0.1) is 0 Å². The molecule has 1 saturated heterocycles. The van der Waals surface area contributed by atoms with Crippen LogP contribution < -0.4 is 9.64 Å². The van der Waals surface area contributed by atoms with Gasteiger partial charge in [-0.3, -0.25) is 4.98 Å². The zero-order valence-corrected chi connectivity index (χ0v) is 15.8. The number of fused-ring (bicyclic) bond motifs is 1. The van der Waals surface area contributed by atoms with Crippen LogP contribution in [-0.2, 0) is 7.05 Å². The molecule has 7 heteroatoms. The van der Waals surface area contributed by atoms with Crippen molar-refractivity contribution in [3.63, 3.8) is 0 Å². The minimum Gasteiger partial charge on any atom is -0.490 e. The molecular formula is C21H22N6O. The van der Waals surface area contributed by atoms with Crippen LogP contribution in [0.5, 0.6) is 5.75 Å². The van der Waals surface area contributed by atoms with Crippen LogP contribution in [0.3, 0.4) is 0 Å². The van der Waals surface area contributed by atoms with Crippen molar-refractivity contribution in [1.29, 1.82) is 0 Å². The molecule has 4 heterocycles. The zero-order valence-electron chi connectivity index (χ0n) is 15.8. The highest BCUT2D eigenvalue weighted by atomic mass is 16.5. The molecule has 0 saturated carbocycles. The highest BCUT2D eigenvalue weighted by Crippen LogP contribution is 2.29. The van der Waals surface area contributed by atoms with Crippen LogP contribution in [-0.4, -0.2) is 43.5 Å². The van der Waals surface area contributed by atoms with Crippen LogP contribution in [0.1, 0.15) is 12.8 Å². The first kappa shape index (κ1) is 16.8. The molecule has 4 aromatic rings. The van der Waals surface area contributed by atoms with E-state index in [1.807, 2.05) is 18.5 Å². The summed E-state index contributed by atoms with van der Waals surface area (Å²) < 4.78 is 10.2. The molecule has 1 fully saturated rings. The van der Waals surface area contributed by atoms with Gasteiger partial charge in [-0.2, -0.15) is 5.10 Å². The van der Waals surface area contributed by atoms with E-state index in [0.29, 0.717) is 0 Å². The molecule has 0 aliphatic carbocycles. The summed E-state index contributed by atoms with van der Waals surface area (Å²) in [5.74, 6) is 2.59. The van der Waals surface area contributed by atoms with Crippen molar-refractivity contribution in [2.24, 2.45) is 7.05 Å². The van der Waals surface area contributed by atoms with E-state index in [0.717, 1.165) is 43.3 Å². The average Bonchev–Trinajstić information content (AvgIpc) is 3.40. The molecule has 0 bridgehead atoms. The molecule has 1 aromatic carbocycles. The normalized spacial score (nSPS) is 15.2. The largest absolute Gasteiger partial charge is 0.490 e. The van der Waals surface area contributed by atoms with Crippen LogP contribution in [0.4, 0.5) is 5.82 Å². The van der Waals surface area contributed by atoms with Gasteiger partial charge in [0, 0.05) is 57.0 Å². The third-order valence-corrected chi connectivity index (χ3v) is 5.30. The van der Waals surface area contributed by atoms with Crippen LogP contribution in [0.2, 0.25) is 0 Å². The molecule has 1 aliphatic rings. The van der Waals surface area contributed by atoms with Gasteiger partial charge in [0.15, 0.2) is 5.82 Å². The Balaban J connectivity index is 1.27. The second kappa shape index (κ2) is 6.99. The lowest BCUT2D eigenvalue weighted by molar-refractivity contribution is 0.173. The lowest BCUT2D eigenvalue weighted by Crippen LogP contribution is -2.38. The van der Waals surface area contributed by atoms with Crippen LogP contribution in [0.25, 0.3) is 16.7 Å². The van der Waals surface area contributed by atoms with Gasteiger partial charge in [0.05, 0.1) is 17.9 Å². The summed E-state index contributed by atoms with van der Waals surface area (Å²) in [6, 6.07) is 10.2. The summed E-state index contributed by atoms with van der Waals surface area (Å²) >= 11 is 0. The molecule has 28 heavy (non-hydrogen) atoms. The van der Waals surface area contributed by atoms with Crippen molar-refractivity contribution in [2.45, 2.75) is 18.9 Å². The maximum atomic E-state index is 6.36. The molecule has 0 N–H and O–H groups in total. The Morgan fingerprint density at radius 3 is 2.68 bits per heavy atom. The molecule has 0 unspecified atom stereocenters. The summed E-state index contributed by atoms with van der Waals surface area (Å²) in [6.45, 7) is 1.79. The number of piperidine rings is 1. The van der Waals surface area contributed by atoms with Crippen LogP contribution in [0.15, 0.2) is 61.3 Å². The smallest absolute Gasteiger partial charge is 0.173 e. The molecule has 0 atom stereocenters. The van der Waals surface area contributed by atoms with Crippen molar-refractivity contribution in [2.75, 3.05) is 18.0 Å². The Kier molecular flexibility index (Phi) is 4.20. The Hall–Kier alpha value is -3.35.